The number of benzene rings is 2. The Balaban J connectivity index is 1.32. The summed E-state index contributed by atoms with van der Waals surface area (Å²) in [7, 11) is 1.82. The second-order valence-electron chi connectivity index (χ2n) is 6.30. The topological polar surface area (TPSA) is 61.0 Å². The molecule has 2 aromatic heterocycles. The molecule has 0 unspecified atom stereocenters. The molecular weight excluding hydrogens is 344 g/mol. The molecule has 0 aliphatic rings. The number of nitrogens with one attached hydrogen (secondary N) is 2. The van der Waals surface area contributed by atoms with E-state index < -0.39 is 0 Å². The minimum absolute atomic E-state index is 0.0728. The van der Waals surface area contributed by atoms with Crippen LogP contribution in [0.1, 0.15) is 11.4 Å². The molecule has 4 rings (SSSR count). The molecule has 2 heterocycles. The van der Waals surface area contributed by atoms with Crippen molar-refractivity contribution in [2.24, 2.45) is 0 Å². The zero-order valence-electron chi connectivity index (χ0n) is 14.5. The number of aromatic amines is 1. The summed E-state index contributed by atoms with van der Waals surface area (Å²) in [5.41, 5.74) is 3.16. The monoisotopic (exact) mass is 364 g/mol. The number of hydrogen-bond donors (Lipinski definition) is 2. The molecule has 0 atom stereocenters. The van der Waals surface area contributed by atoms with Gasteiger partial charge in [-0.15, -0.1) is 11.3 Å². The van der Waals surface area contributed by atoms with E-state index in [2.05, 4.69) is 32.8 Å². The van der Waals surface area contributed by atoms with Crippen LogP contribution in [-0.2, 0) is 13.0 Å². The van der Waals surface area contributed by atoms with Gasteiger partial charge in [0, 0.05) is 31.3 Å². The average molecular weight is 364 g/mol. The van der Waals surface area contributed by atoms with Crippen LogP contribution in [0.3, 0.4) is 0 Å². The van der Waals surface area contributed by atoms with Crippen LogP contribution >= 0.6 is 11.3 Å². The van der Waals surface area contributed by atoms with Crippen LogP contribution in [-0.4, -0.2) is 34.5 Å². The van der Waals surface area contributed by atoms with Crippen molar-refractivity contribution in [3.05, 3.63) is 65.3 Å². The molecule has 2 aromatic carbocycles. The first-order chi connectivity index (χ1) is 12.7. The minimum atomic E-state index is -0.0728. The number of amides is 2. The van der Waals surface area contributed by atoms with E-state index in [1.54, 1.807) is 16.2 Å². The molecule has 0 saturated heterocycles. The SMILES string of the molecule is CN(Cc1csc2ccccc12)C(=O)NCCc1nc2ccccc2[nH]1. The zero-order chi connectivity index (χ0) is 17.9. The van der Waals surface area contributed by atoms with Gasteiger partial charge in [0.25, 0.3) is 0 Å². The number of rotatable bonds is 5. The predicted octanol–water partition coefficient (Wildman–Crippen LogP) is 4.16. The average Bonchev–Trinajstić information content (AvgIpc) is 3.25. The molecule has 132 valence electrons. The number of aromatic nitrogens is 2. The van der Waals surface area contributed by atoms with E-state index >= 15 is 0 Å². The lowest BCUT2D eigenvalue weighted by molar-refractivity contribution is 0.207. The Morgan fingerprint density at radius 1 is 1.19 bits per heavy atom. The number of carbonyl (C=O) groups is 1. The van der Waals surface area contributed by atoms with E-state index in [0.29, 0.717) is 19.5 Å². The molecule has 0 aliphatic carbocycles. The summed E-state index contributed by atoms with van der Waals surface area (Å²) < 4.78 is 1.25. The van der Waals surface area contributed by atoms with Crippen molar-refractivity contribution in [1.82, 2.24) is 20.2 Å². The predicted molar refractivity (Wildman–Crippen MR) is 106 cm³/mol. The maximum atomic E-state index is 12.4. The van der Waals surface area contributed by atoms with Crippen LogP contribution in [0.15, 0.2) is 53.9 Å². The summed E-state index contributed by atoms with van der Waals surface area (Å²) in [6, 6.07) is 16.1. The highest BCUT2D eigenvalue weighted by Crippen LogP contribution is 2.26. The second kappa shape index (κ2) is 7.17. The van der Waals surface area contributed by atoms with Gasteiger partial charge in [-0.05, 0) is 34.5 Å². The largest absolute Gasteiger partial charge is 0.342 e. The van der Waals surface area contributed by atoms with E-state index in [4.69, 9.17) is 0 Å². The molecular formula is C20H20N4OS. The molecule has 2 amide bonds. The maximum absolute atomic E-state index is 12.4. The van der Waals surface area contributed by atoms with Crippen molar-refractivity contribution in [3.63, 3.8) is 0 Å². The van der Waals surface area contributed by atoms with E-state index in [1.165, 1.54) is 15.6 Å². The van der Waals surface area contributed by atoms with Gasteiger partial charge in [-0.3, -0.25) is 0 Å². The fourth-order valence-electron chi connectivity index (χ4n) is 3.03. The lowest BCUT2D eigenvalue weighted by atomic mass is 10.2. The Labute approximate surface area is 155 Å². The summed E-state index contributed by atoms with van der Waals surface area (Å²) in [5.74, 6) is 0.887. The van der Waals surface area contributed by atoms with Gasteiger partial charge in [0.05, 0.1) is 11.0 Å². The first-order valence-corrected chi connectivity index (χ1v) is 9.46. The first-order valence-electron chi connectivity index (χ1n) is 8.58. The number of urea groups is 1. The van der Waals surface area contributed by atoms with Gasteiger partial charge in [-0.2, -0.15) is 0 Å². The Hall–Kier alpha value is -2.86. The van der Waals surface area contributed by atoms with Crippen molar-refractivity contribution in [2.45, 2.75) is 13.0 Å². The highest BCUT2D eigenvalue weighted by Gasteiger charge is 2.12. The highest BCUT2D eigenvalue weighted by atomic mass is 32.1. The van der Waals surface area contributed by atoms with E-state index in [0.717, 1.165) is 16.9 Å². The number of imidazole rings is 1. The van der Waals surface area contributed by atoms with Gasteiger partial charge < -0.3 is 15.2 Å². The third-order valence-electron chi connectivity index (χ3n) is 4.39. The number of hydrogen-bond acceptors (Lipinski definition) is 3. The third-order valence-corrected chi connectivity index (χ3v) is 5.40. The van der Waals surface area contributed by atoms with E-state index in [1.807, 2.05) is 43.4 Å². The van der Waals surface area contributed by atoms with Crippen LogP contribution in [0.2, 0.25) is 0 Å². The maximum Gasteiger partial charge on any atom is 0.317 e. The van der Waals surface area contributed by atoms with Gasteiger partial charge >= 0.3 is 6.03 Å². The third kappa shape index (κ3) is 3.41. The van der Waals surface area contributed by atoms with E-state index in [9.17, 15) is 4.79 Å². The molecule has 0 spiro atoms. The van der Waals surface area contributed by atoms with Gasteiger partial charge in [0.1, 0.15) is 5.82 Å². The fraction of sp³-hybridized carbons (Fsp3) is 0.200. The Bertz CT molecular complexity index is 1020. The van der Waals surface area contributed by atoms with Crippen molar-refractivity contribution in [2.75, 3.05) is 13.6 Å². The van der Waals surface area contributed by atoms with Crippen LogP contribution in [0, 0.1) is 0 Å². The zero-order valence-corrected chi connectivity index (χ0v) is 15.3. The van der Waals surface area contributed by atoms with Gasteiger partial charge in [-0.1, -0.05) is 30.3 Å². The Morgan fingerprint density at radius 3 is 2.88 bits per heavy atom. The number of fused-ring (bicyclic) bond motifs is 2. The van der Waals surface area contributed by atoms with Crippen LogP contribution in [0.25, 0.3) is 21.1 Å². The molecule has 0 radical (unpaired) electrons. The number of nitrogens with zero attached hydrogens (tertiary/aromatic N) is 2. The summed E-state index contributed by atoms with van der Waals surface area (Å²) in [4.78, 5) is 21.9. The quantitative estimate of drug-likeness (QED) is 0.558. The first kappa shape index (κ1) is 16.6. The van der Waals surface area contributed by atoms with Gasteiger partial charge in [0.15, 0.2) is 0 Å². The van der Waals surface area contributed by atoms with Crippen LogP contribution in [0.5, 0.6) is 0 Å². The molecule has 4 aromatic rings. The molecule has 26 heavy (non-hydrogen) atoms. The van der Waals surface area contributed by atoms with Crippen molar-refractivity contribution < 1.29 is 4.79 Å². The summed E-state index contributed by atoms with van der Waals surface area (Å²) >= 11 is 1.71. The number of thiophene rings is 1. The number of para-hydroxylation sites is 2. The number of H-pyrrole nitrogens is 1. The second-order valence-corrected chi connectivity index (χ2v) is 7.21. The molecule has 0 saturated carbocycles. The molecule has 6 heteroatoms. The number of carbonyl (C=O) groups excluding carboxylic acids is 1. The smallest absolute Gasteiger partial charge is 0.317 e. The lowest BCUT2D eigenvalue weighted by Crippen LogP contribution is -2.37. The standard InChI is InChI=1S/C20H20N4OS/c1-24(12-14-13-26-18-9-5-2-6-15(14)18)20(25)21-11-10-19-22-16-7-3-4-8-17(16)23-19/h2-9,13H,10-12H2,1H3,(H,21,25)(H,22,23). The molecule has 0 aliphatic heterocycles. The minimum Gasteiger partial charge on any atom is -0.342 e. The lowest BCUT2D eigenvalue weighted by Gasteiger charge is -2.17. The normalized spacial score (nSPS) is 11.1. The van der Waals surface area contributed by atoms with Crippen molar-refractivity contribution in [3.8, 4) is 0 Å². The summed E-state index contributed by atoms with van der Waals surface area (Å²) in [6.07, 6.45) is 0.676. The summed E-state index contributed by atoms with van der Waals surface area (Å²) in [5, 5.41) is 6.32. The van der Waals surface area contributed by atoms with Crippen molar-refractivity contribution in [1.29, 1.82) is 0 Å². The van der Waals surface area contributed by atoms with Gasteiger partial charge in [0.2, 0.25) is 0 Å². The highest BCUT2D eigenvalue weighted by molar-refractivity contribution is 7.17. The Kier molecular flexibility index (Phi) is 4.58. The summed E-state index contributed by atoms with van der Waals surface area (Å²) in [6.45, 7) is 1.15. The molecule has 0 fully saturated rings. The molecule has 0 bridgehead atoms. The van der Waals surface area contributed by atoms with Gasteiger partial charge in [-0.25, -0.2) is 9.78 Å². The Morgan fingerprint density at radius 2 is 2.00 bits per heavy atom. The fourth-order valence-corrected chi connectivity index (χ4v) is 3.98. The van der Waals surface area contributed by atoms with Crippen LogP contribution < -0.4 is 5.32 Å². The van der Waals surface area contributed by atoms with E-state index in [-0.39, 0.29) is 6.03 Å². The van der Waals surface area contributed by atoms with Crippen molar-refractivity contribution >= 4 is 38.5 Å². The molecule has 2 N–H and O–H groups in total. The van der Waals surface area contributed by atoms with Crippen LogP contribution in [0.4, 0.5) is 4.79 Å². The molecule has 5 nitrogen and oxygen atoms in total.